The number of halogens is 1. The minimum atomic E-state index is -3.81. The number of carbonyl (C=O) groups excluding carboxylic acids is 3. The monoisotopic (exact) mass is 592 g/mol. The molecular weight excluding hydrogens is 564 g/mol. The molecule has 2 saturated heterocycles. The Hall–Kier alpha value is -2.76. The van der Waals surface area contributed by atoms with Crippen LogP contribution in [0, 0.1) is 11.8 Å². The lowest BCUT2D eigenvalue weighted by Gasteiger charge is -2.43. The quantitative estimate of drug-likeness (QED) is 0.443. The number of sulfone groups is 1. The van der Waals surface area contributed by atoms with Crippen LogP contribution in [0.1, 0.15) is 26.3 Å². The Kier molecular flexibility index (Phi) is 8.05. The van der Waals surface area contributed by atoms with E-state index in [4.69, 9.17) is 9.47 Å². The molecule has 0 bridgehead atoms. The summed E-state index contributed by atoms with van der Waals surface area (Å²) in [6.07, 6.45) is -1.05. The van der Waals surface area contributed by atoms with Crippen molar-refractivity contribution in [3.05, 3.63) is 64.6 Å². The van der Waals surface area contributed by atoms with Gasteiger partial charge in [0.15, 0.2) is 5.44 Å². The molecule has 37 heavy (non-hydrogen) atoms. The van der Waals surface area contributed by atoms with Crippen molar-refractivity contribution in [2.45, 2.75) is 55.7 Å². The van der Waals surface area contributed by atoms with E-state index in [0.717, 1.165) is 14.9 Å². The molecule has 6 atom stereocenters. The van der Waals surface area contributed by atoms with Gasteiger partial charge in [-0.15, -0.1) is 0 Å². The zero-order valence-corrected chi connectivity index (χ0v) is 23.1. The van der Waals surface area contributed by atoms with Gasteiger partial charge >= 0.3 is 6.09 Å². The number of nitrogens with zero attached hydrogens (tertiary/aromatic N) is 1. The van der Waals surface area contributed by atoms with Crippen LogP contribution in [0.25, 0.3) is 0 Å². The lowest BCUT2D eigenvalue weighted by Crippen LogP contribution is -2.67. The number of β-lactam (4-membered cyclic amide) rings is 1. The van der Waals surface area contributed by atoms with Crippen LogP contribution >= 0.6 is 15.9 Å². The Balaban J connectivity index is 1.43. The fraction of sp³-hybridized carbons (Fsp3) is 0.423. The maximum atomic E-state index is 13.4. The molecule has 1 N–H and O–H groups in total. The molecule has 198 valence electrons. The molecule has 2 aliphatic rings. The normalized spacial score (nSPS) is 24.0. The highest BCUT2D eigenvalue weighted by molar-refractivity contribution is 9.10. The number of hydrogen-bond acceptors (Lipinski definition) is 7. The van der Waals surface area contributed by atoms with Crippen molar-refractivity contribution >= 4 is 43.7 Å². The van der Waals surface area contributed by atoms with Gasteiger partial charge in [0.05, 0.1) is 34.9 Å². The largest absolute Gasteiger partial charge is 0.447 e. The maximum absolute atomic E-state index is 13.4. The number of hydrogen-bond donors (Lipinski definition) is 1. The first-order valence-electron chi connectivity index (χ1n) is 12.0. The number of carbonyl (C=O) groups is 3. The van der Waals surface area contributed by atoms with Crippen molar-refractivity contribution in [3.8, 4) is 0 Å². The molecule has 11 heteroatoms. The van der Waals surface area contributed by atoms with Gasteiger partial charge in [-0.1, -0.05) is 53.2 Å². The number of ether oxygens (including phenoxy) is 2. The van der Waals surface area contributed by atoms with Crippen molar-refractivity contribution in [2.24, 2.45) is 11.8 Å². The molecule has 0 saturated carbocycles. The zero-order valence-electron chi connectivity index (χ0n) is 20.7. The molecule has 1 unspecified atom stereocenters. The summed E-state index contributed by atoms with van der Waals surface area (Å²) in [5.74, 6) is -2.31. The van der Waals surface area contributed by atoms with Crippen molar-refractivity contribution in [1.29, 1.82) is 0 Å². The average Bonchev–Trinajstić information content (AvgIpc) is 3.21. The van der Waals surface area contributed by atoms with Gasteiger partial charge in [0.25, 0.3) is 0 Å². The molecule has 0 spiro atoms. The van der Waals surface area contributed by atoms with Crippen LogP contribution in [0.5, 0.6) is 0 Å². The fourth-order valence-electron chi connectivity index (χ4n) is 4.77. The highest BCUT2D eigenvalue weighted by atomic mass is 79.9. The SMILES string of the molecule is CC(O[C@H](C)[C@H]1C(=O)N[C@@H]1[C@@H](C)C(=O)N1C(=O)OC[C@@H]1Cc1ccccc1)S(=O)(=O)c1ccc(Br)cc1. The minimum Gasteiger partial charge on any atom is -0.447 e. The second-order valence-corrected chi connectivity index (χ2v) is 12.5. The van der Waals surface area contributed by atoms with Crippen LogP contribution in [0.15, 0.2) is 64.0 Å². The molecule has 2 aromatic carbocycles. The van der Waals surface area contributed by atoms with Gasteiger partial charge in [-0.05, 0) is 50.1 Å². The molecule has 3 amide bonds. The fourth-order valence-corrected chi connectivity index (χ4v) is 6.26. The second kappa shape index (κ2) is 10.9. The number of imide groups is 1. The summed E-state index contributed by atoms with van der Waals surface area (Å²) in [4.78, 5) is 39.5. The van der Waals surface area contributed by atoms with E-state index >= 15 is 0 Å². The van der Waals surface area contributed by atoms with Gasteiger partial charge in [-0.3, -0.25) is 9.59 Å². The topological polar surface area (TPSA) is 119 Å². The van der Waals surface area contributed by atoms with E-state index in [9.17, 15) is 22.8 Å². The Bertz CT molecular complexity index is 1270. The van der Waals surface area contributed by atoms with Gasteiger partial charge in [-0.2, -0.15) is 0 Å². The average molecular weight is 593 g/mol. The van der Waals surface area contributed by atoms with Gasteiger partial charge in [-0.25, -0.2) is 18.1 Å². The standard InChI is InChI=1S/C26H29BrN2O7S/c1-15(25(31)29-20(14-35-26(29)32)13-18-7-5-4-6-8-18)23-22(24(30)28-23)16(2)36-17(3)37(33,34)21-11-9-19(27)10-12-21/h4-12,15-17,20,22-23H,13-14H2,1-3H3,(H,28,30)/t15-,16-,17?,20+,22-,23-/m1/s1. The first kappa shape index (κ1) is 27.3. The molecule has 0 radical (unpaired) electrons. The van der Waals surface area contributed by atoms with E-state index in [-0.39, 0.29) is 17.4 Å². The zero-order chi connectivity index (χ0) is 26.9. The smallest absolute Gasteiger partial charge is 0.416 e. The van der Waals surface area contributed by atoms with E-state index in [2.05, 4.69) is 21.2 Å². The van der Waals surface area contributed by atoms with Crippen molar-refractivity contribution in [2.75, 3.05) is 6.61 Å². The Morgan fingerprint density at radius 2 is 1.76 bits per heavy atom. The summed E-state index contributed by atoms with van der Waals surface area (Å²) >= 11 is 3.28. The number of nitrogens with one attached hydrogen (secondary N) is 1. The molecular formula is C26H29BrN2O7S. The van der Waals surface area contributed by atoms with E-state index in [0.29, 0.717) is 6.42 Å². The molecule has 2 fully saturated rings. The number of amides is 3. The summed E-state index contributed by atoms with van der Waals surface area (Å²) in [5, 5.41) is 2.73. The molecule has 0 aliphatic carbocycles. The highest BCUT2D eigenvalue weighted by Crippen LogP contribution is 2.32. The highest BCUT2D eigenvalue weighted by Gasteiger charge is 2.51. The van der Waals surface area contributed by atoms with Crippen LogP contribution in [0.3, 0.4) is 0 Å². The van der Waals surface area contributed by atoms with E-state index in [1.54, 1.807) is 26.0 Å². The molecule has 0 aromatic heterocycles. The van der Waals surface area contributed by atoms with Crippen LogP contribution in [0.2, 0.25) is 0 Å². The number of rotatable bonds is 9. The Morgan fingerprint density at radius 1 is 1.11 bits per heavy atom. The predicted octanol–water partition coefficient (Wildman–Crippen LogP) is 3.31. The number of cyclic esters (lactones) is 1. The van der Waals surface area contributed by atoms with E-state index in [1.807, 2.05) is 30.3 Å². The Labute approximate surface area is 224 Å². The molecule has 4 rings (SSSR count). The van der Waals surface area contributed by atoms with Crippen LogP contribution in [-0.4, -0.2) is 61.5 Å². The van der Waals surface area contributed by atoms with Gasteiger partial charge in [0.1, 0.15) is 6.61 Å². The van der Waals surface area contributed by atoms with Gasteiger partial charge < -0.3 is 14.8 Å². The maximum Gasteiger partial charge on any atom is 0.416 e. The molecule has 9 nitrogen and oxygen atoms in total. The molecule has 2 aromatic rings. The van der Waals surface area contributed by atoms with Crippen LogP contribution in [0.4, 0.5) is 4.79 Å². The summed E-state index contributed by atoms with van der Waals surface area (Å²) in [6, 6.07) is 14.6. The third-order valence-electron chi connectivity index (χ3n) is 6.93. The third-order valence-corrected chi connectivity index (χ3v) is 9.37. The van der Waals surface area contributed by atoms with Gasteiger partial charge in [0, 0.05) is 4.47 Å². The lowest BCUT2D eigenvalue weighted by molar-refractivity contribution is -0.150. The summed E-state index contributed by atoms with van der Waals surface area (Å²) in [5.41, 5.74) is -0.249. The first-order valence-corrected chi connectivity index (χ1v) is 14.3. The summed E-state index contributed by atoms with van der Waals surface area (Å²) in [6.45, 7) is 4.77. The van der Waals surface area contributed by atoms with Crippen molar-refractivity contribution < 1.29 is 32.3 Å². The van der Waals surface area contributed by atoms with E-state index < -0.39 is 57.3 Å². The number of benzene rings is 2. The Morgan fingerprint density at radius 3 is 2.38 bits per heavy atom. The van der Waals surface area contributed by atoms with Crippen LogP contribution < -0.4 is 5.32 Å². The van der Waals surface area contributed by atoms with Gasteiger partial charge in [0.2, 0.25) is 21.7 Å². The third kappa shape index (κ3) is 5.58. The van der Waals surface area contributed by atoms with E-state index in [1.165, 1.54) is 19.1 Å². The minimum absolute atomic E-state index is 0.0948. The summed E-state index contributed by atoms with van der Waals surface area (Å²) in [7, 11) is -3.81. The first-order chi connectivity index (χ1) is 17.5. The van der Waals surface area contributed by atoms with Crippen molar-refractivity contribution in [1.82, 2.24) is 10.2 Å². The van der Waals surface area contributed by atoms with Crippen LogP contribution in [-0.2, 0) is 35.3 Å². The second-order valence-electron chi connectivity index (χ2n) is 9.39. The summed E-state index contributed by atoms with van der Waals surface area (Å²) < 4.78 is 37.6. The molecule has 2 aliphatic heterocycles. The molecule has 2 heterocycles. The lowest BCUT2D eigenvalue weighted by atomic mass is 9.78. The predicted molar refractivity (Wildman–Crippen MR) is 138 cm³/mol. The van der Waals surface area contributed by atoms with Crippen molar-refractivity contribution in [3.63, 3.8) is 0 Å².